The maximum Gasteiger partial charge on any atom is 0.250 e. The first-order valence-corrected chi connectivity index (χ1v) is 9.78. The number of nitrogens with zero attached hydrogens (tertiary/aromatic N) is 2. The number of halogens is 3. The summed E-state index contributed by atoms with van der Waals surface area (Å²) in [6.45, 7) is 3.37. The largest absolute Gasteiger partial charge is 0.366 e. The fourth-order valence-electron chi connectivity index (χ4n) is 3.22. The number of primary amides is 1. The van der Waals surface area contributed by atoms with Gasteiger partial charge in [0.05, 0.1) is 27.2 Å². The predicted octanol–water partition coefficient (Wildman–Crippen LogP) is 4.70. The molecule has 2 atom stereocenters. The van der Waals surface area contributed by atoms with Crippen LogP contribution in [-0.4, -0.2) is 28.6 Å². The average molecular weight is 425 g/mol. The second kappa shape index (κ2) is 7.97. The second-order valence-electron chi connectivity index (χ2n) is 6.89. The predicted molar refractivity (Wildman–Crippen MR) is 108 cm³/mol. The molecule has 9 heteroatoms. The Bertz CT molecular complexity index is 1030. The van der Waals surface area contributed by atoms with Crippen molar-refractivity contribution in [1.29, 1.82) is 0 Å². The highest BCUT2D eigenvalue weighted by Crippen LogP contribution is 2.35. The van der Waals surface area contributed by atoms with E-state index in [9.17, 15) is 13.6 Å². The third-order valence-electron chi connectivity index (χ3n) is 4.45. The van der Waals surface area contributed by atoms with Crippen molar-refractivity contribution in [2.75, 3.05) is 11.9 Å². The Hall–Kier alpha value is -2.32. The van der Waals surface area contributed by atoms with Gasteiger partial charge in [0.15, 0.2) is 5.13 Å². The van der Waals surface area contributed by atoms with Gasteiger partial charge in [0.1, 0.15) is 11.3 Å². The number of fused-ring (bicyclic) bond motifs is 1. The standard InChI is InChI=1S/C19H19ClF2N4OS/c1-10(21)8-19(2,16-13(22)4-3-7-24-16)9-25-18-26-14-12(20)6-5-11(17(23)27)15(14)28-18/h3-7,10H,8-9H2,1-2H3,(H2,23,27)(H,25,26)/t10-,19-/m0/s1. The molecule has 0 aliphatic heterocycles. The number of pyridine rings is 1. The Morgan fingerprint density at radius 3 is 2.82 bits per heavy atom. The lowest BCUT2D eigenvalue weighted by atomic mass is 9.81. The van der Waals surface area contributed by atoms with Crippen LogP contribution in [0.15, 0.2) is 30.5 Å². The Kier molecular flexibility index (Phi) is 5.81. The Morgan fingerprint density at radius 2 is 2.18 bits per heavy atom. The minimum absolute atomic E-state index is 0.0755. The number of thiazole rings is 1. The zero-order valence-electron chi connectivity index (χ0n) is 15.3. The summed E-state index contributed by atoms with van der Waals surface area (Å²) in [6, 6.07) is 5.91. The van der Waals surface area contributed by atoms with Gasteiger partial charge in [-0.2, -0.15) is 0 Å². The summed E-state index contributed by atoms with van der Waals surface area (Å²) < 4.78 is 28.7. The lowest BCUT2D eigenvalue weighted by Crippen LogP contribution is -2.35. The van der Waals surface area contributed by atoms with Gasteiger partial charge in [-0.1, -0.05) is 29.9 Å². The van der Waals surface area contributed by atoms with Crippen LogP contribution in [0.25, 0.3) is 10.2 Å². The average Bonchev–Trinajstić information content (AvgIpc) is 3.05. The van der Waals surface area contributed by atoms with E-state index < -0.39 is 23.3 Å². The highest BCUT2D eigenvalue weighted by Gasteiger charge is 2.33. The summed E-state index contributed by atoms with van der Waals surface area (Å²) in [5.74, 6) is -1.07. The summed E-state index contributed by atoms with van der Waals surface area (Å²) in [4.78, 5) is 20.2. The number of alkyl halides is 1. The number of carbonyl (C=O) groups excluding carboxylic acids is 1. The van der Waals surface area contributed by atoms with Gasteiger partial charge in [-0.15, -0.1) is 0 Å². The van der Waals surface area contributed by atoms with Crippen LogP contribution in [0.3, 0.4) is 0 Å². The summed E-state index contributed by atoms with van der Waals surface area (Å²) in [6.07, 6.45) is 0.405. The first-order valence-electron chi connectivity index (χ1n) is 8.59. The first kappa shape index (κ1) is 20.4. The molecule has 0 radical (unpaired) electrons. The maximum atomic E-state index is 14.3. The van der Waals surface area contributed by atoms with Crippen molar-refractivity contribution in [1.82, 2.24) is 9.97 Å². The number of amides is 1. The number of carbonyl (C=O) groups is 1. The lowest BCUT2D eigenvalue weighted by molar-refractivity contribution is 0.100. The zero-order valence-corrected chi connectivity index (χ0v) is 16.9. The van der Waals surface area contributed by atoms with E-state index in [-0.39, 0.29) is 18.7 Å². The first-order chi connectivity index (χ1) is 13.2. The van der Waals surface area contributed by atoms with Crippen molar-refractivity contribution in [3.8, 4) is 0 Å². The Balaban J connectivity index is 1.94. The number of anilines is 1. The van der Waals surface area contributed by atoms with Crippen LogP contribution in [-0.2, 0) is 5.41 Å². The van der Waals surface area contributed by atoms with Crippen LogP contribution in [0.2, 0.25) is 5.02 Å². The minimum atomic E-state index is -1.15. The molecule has 0 saturated heterocycles. The van der Waals surface area contributed by atoms with Crippen molar-refractivity contribution < 1.29 is 13.6 Å². The number of nitrogens with two attached hydrogens (primary N) is 1. The molecule has 0 aliphatic carbocycles. The second-order valence-corrected chi connectivity index (χ2v) is 8.30. The number of aromatic nitrogens is 2. The molecule has 1 aromatic carbocycles. The molecule has 2 heterocycles. The fourth-order valence-corrected chi connectivity index (χ4v) is 4.48. The quantitative estimate of drug-likeness (QED) is 0.576. The normalized spacial score (nSPS) is 14.6. The van der Waals surface area contributed by atoms with Crippen LogP contribution in [0.5, 0.6) is 0 Å². The van der Waals surface area contributed by atoms with Gasteiger partial charge < -0.3 is 11.1 Å². The van der Waals surface area contributed by atoms with Gasteiger partial charge >= 0.3 is 0 Å². The van der Waals surface area contributed by atoms with Crippen LogP contribution in [0.1, 0.15) is 36.3 Å². The van der Waals surface area contributed by atoms with Gasteiger partial charge in [-0.25, -0.2) is 13.8 Å². The third kappa shape index (κ3) is 4.07. The molecule has 0 spiro atoms. The van der Waals surface area contributed by atoms with Gasteiger partial charge in [0, 0.05) is 18.2 Å². The molecule has 0 aliphatic rings. The lowest BCUT2D eigenvalue weighted by Gasteiger charge is -2.30. The van der Waals surface area contributed by atoms with Gasteiger partial charge in [-0.05, 0) is 37.6 Å². The highest BCUT2D eigenvalue weighted by molar-refractivity contribution is 7.22. The molecule has 28 heavy (non-hydrogen) atoms. The summed E-state index contributed by atoms with van der Waals surface area (Å²) in [5.41, 5.74) is 5.46. The smallest absolute Gasteiger partial charge is 0.250 e. The molecule has 3 N–H and O–H groups in total. The van der Waals surface area contributed by atoms with E-state index in [0.717, 1.165) is 0 Å². The van der Waals surface area contributed by atoms with Crippen molar-refractivity contribution in [3.05, 3.63) is 52.6 Å². The summed E-state index contributed by atoms with van der Waals surface area (Å²) >= 11 is 7.39. The minimum Gasteiger partial charge on any atom is -0.366 e. The van der Waals surface area contributed by atoms with E-state index in [1.54, 1.807) is 19.1 Å². The van der Waals surface area contributed by atoms with Gasteiger partial charge in [0.25, 0.3) is 0 Å². The van der Waals surface area contributed by atoms with Crippen molar-refractivity contribution in [2.24, 2.45) is 5.73 Å². The van der Waals surface area contributed by atoms with E-state index in [0.29, 0.717) is 25.9 Å². The molecule has 1 amide bonds. The topological polar surface area (TPSA) is 80.9 Å². The zero-order chi connectivity index (χ0) is 20.5. The monoisotopic (exact) mass is 424 g/mol. The summed E-state index contributed by atoms with van der Waals surface area (Å²) in [7, 11) is 0. The Labute approximate surface area is 169 Å². The molecule has 3 rings (SSSR count). The number of benzene rings is 1. The number of rotatable bonds is 7. The van der Waals surface area contributed by atoms with Crippen molar-refractivity contribution in [2.45, 2.75) is 31.9 Å². The van der Waals surface area contributed by atoms with Crippen LogP contribution < -0.4 is 11.1 Å². The van der Waals surface area contributed by atoms with E-state index in [2.05, 4.69) is 15.3 Å². The number of hydrogen-bond donors (Lipinski definition) is 2. The molecule has 0 saturated carbocycles. The van der Waals surface area contributed by atoms with Crippen LogP contribution >= 0.6 is 22.9 Å². The van der Waals surface area contributed by atoms with E-state index >= 15 is 0 Å². The molecule has 0 fully saturated rings. The molecule has 148 valence electrons. The maximum absolute atomic E-state index is 14.3. The number of nitrogens with one attached hydrogen (secondary N) is 1. The molecule has 0 unspecified atom stereocenters. The molecule has 0 bridgehead atoms. The van der Waals surface area contributed by atoms with Crippen LogP contribution in [0.4, 0.5) is 13.9 Å². The highest BCUT2D eigenvalue weighted by atomic mass is 35.5. The molecule has 3 aromatic rings. The van der Waals surface area contributed by atoms with E-state index in [1.807, 2.05) is 0 Å². The van der Waals surface area contributed by atoms with Crippen molar-refractivity contribution in [3.63, 3.8) is 0 Å². The molecular formula is C19H19ClF2N4OS. The van der Waals surface area contributed by atoms with Gasteiger partial charge in [-0.3, -0.25) is 9.78 Å². The van der Waals surface area contributed by atoms with Crippen LogP contribution in [0, 0.1) is 5.82 Å². The SMILES string of the molecule is C[C@H](F)C[C@@](C)(CNc1nc2c(Cl)ccc(C(N)=O)c2s1)c1ncccc1F. The van der Waals surface area contributed by atoms with Crippen molar-refractivity contribution >= 4 is 44.2 Å². The van der Waals surface area contributed by atoms with E-state index in [1.165, 1.54) is 36.6 Å². The third-order valence-corrected chi connectivity index (χ3v) is 5.80. The van der Waals surface area contributed by atoms with Gasteiger partial charge in [0.2, 0.25) is 5.91 Å². The molecular weight excluding hydrogens is 406 g/mol. The number of hydrogen-bond acceptors (Lipinski definition) is 5. The summed E-state index contributed by atoms with van der Waals surface area (Å²) in [5, 5.41) is 3.98. The molecule has 5 nitrogen and oxygen atoms in total. The van der Waals surface area contributed by atoms with E-state index in [4.69, 9.17) is 17.3 Å². The molecule has 2 aromatic heterocycles. The Morgan fingerprint density at radius 1 is 1.43 bits per heavy atom. The fraction of sp³-hybridized carbons (Fsp3) is 0.316.